The first-order valence-electron chi connectivity index (χ1n) is 8.40. The molecule has 1 aromatic rings. The van der Waals surface area contributed by atoms with Crippen molar-refractivity contribution in [3.63, 3.8) is 0 Å². The fourth-order valence-corrected chi connectivity index (χ4v) is 3.03. The molecule has 0 radical (unpaired) electrons. The molecule has 5 heteroatoms. The average Bonchev–Trinajstić information content (AvgIpc) is 2.55. The van der Waals surface area contributed by atoms with E-state index in [4.69, 9.17) is 4.74 Å². The summed E-state index contributed by atoms with van der Waals surface area (Å²) in [6.07, 6.45) is 2.60. The van der Waals surface area contributed by atoms with Crippen molar-refractivity contribution in [3.8, 4) is 5.75 Å². The lowest BCUT2D eigenvalue weighted by atomic mass is 9.83. The Morgan fingerprint density at radius 3 is 2.78 bits per heavy atom. The predicted octanol–water partition coefficient (Wildman–Crippen LogP) is 2.51. The van der Waals surface area contributed by atoms with Crippen molar-refractivity contribution in [1.29, 1.82) is 0 Å². The molecule has 1 aromatic carbocycles. The number of rotatable bonds is 7. The van der Waals surface area contributed by atoms with Gasteiger partial charge in [-0.15, -0.1) is 0 Å². The number of anilines is 1. The summed E-state index contributed by atoms with van der Waals surface area (Å²) in [5.74, 6) is 0.826. The zero-order valence-electron chi connectivity index (χ0n) is 14.2. The summed E-state index contributed by atoms with van der Waals surface area (Å²) in [6.45, 7) is 7.50. The largest absolute Gasteiger partial charge is 0.494 e. The van der Waals surface area contributed by atoms with Crippen molar-refractivity contribution < 1.29 is 14.6 Å². The lowest BCUT2D eigenvalue weighted by molar-refractivity contribution is -0.116. The molecule has 5 nitrogen and oxygen atoms in total. The number of piperidine rings is 1. The Morgan fingerprint density at radius 1 is 1.39 bits per heavy atom. The number of benzene rings is 1. The zero-order chi connectivity index (χ0) is 16.7. The van der Waals surface area contributed by atoms with Crippen LogP contribution < -0.4 is 10.1 Å². The lowest BCUT2D eigenvalue weighted by Gasteiger charge is -2.39. The number of nitrogens with one attached hydrogen (secondary N) is 1. The maximum atomic E-state index is 12.1. The van der Waals surface area contributed by atoms with Gasteiger partial charge in [0.25, 0.3) is 0 Å². The van der Waals surface area contributed by atoms with Gasteiger partial charge in [-0.3, -0.25) is 4.79 Å². The molecule has 0 spiro atoms. The number of amides is 1. The number of nitrogens with zero attached hydrogens (tertiary/aromatic N) is 1. The lowest BCUT2D eigenvalue weighted by Crippen LogP contribution is -2.44. The minimum absolute atomic E-state index is 0.0189. The summed E-state index contributed by atoms with van der Waals surface area (Å²) < 4.78 is 5.38. The second-order valence-corrected chi connectivity index (χ2v) is 6.60. The number of carbonyl (C=O) groups is 1. The Labute approximate surface area is 138 Å². The van der Waals surface area contributed by atoms with E-state index in [0.29, 0.717) is 13.0 Å². The second-order valence-electron chi connectivity index (χ2n) is 6.60. The summed E-state index contributed by atoms with van der Waals surface area (Å²) in [4.78, 5) is 14.4. The van der Waals surface area contributed by atoms with Gasteiger partial charge in [0.15, 0.2) is 0 Å². The molecule has 0 aromatic heterocycles. The van der Waals surface area contributed by atoms with Gasteiger partial charge in [-0.2, -0.15) is 0 Å². The third kappa shape index (κ3) is 5.52. The van der Waals surface area contributed by atoms with E-state index in [-0.39, 0.29) is 17.9 Å². The summed E-state index contributed by atoms with van der Waals surface area (Å²) in [7, 11) is 0. The first kappa shape index (κ1) is 17.8. The van der Waals surface area contributed by atoms with E-state index in [2.05, 4.69) is 17.1 Å². The predicted molar refractivity (Wildman–Crippen MR) is 91.7 cm³/mol. The van der Waals surface area contributed by atoms with Crippen LogP contribution in [0.15, 0.2) is 24.3 Å². The number of ether oxygens (including phenoxy) is 1. The third-order valence-electron chi connectivity index (χ3n) is 4.35. The van der Waals surface area contributed by atoms with Crippen LogP contribution in [0.3, 0.4) is 0 Å². The SMILES string of the molecule is CCOc1ccc(NC(=O)CCN2CCCC(C)(CO)C2)cc1. The monoisotopic (exact) mass is 320 g/mol. The van der Waals surface area contributed by atoms with Crippen molar-refractivity contribution in [1.82, 2.24) is 4.90 Å². The summed E-state index contributed by atoms with van der Waals surface area (Å²) in [6, 6.07) is 7.42. The van der Waals surface area contributed by atoms with E-state index >= 15 is 0 Å². The van der Waals surface area contributed by atoms with Crippen molar-refractivity contribution in [2.24, 2.45) is 5.41 Å². The van der Waals surface area contributed by atoms with E-state index in [9.17, 15) is 9.90 Å². The molecule has 1 unspecified atom stereocenters. The van der Waals surface area contributed by atoms with Gasteiger partial charge in [0.2, 0.25) is 5.91 Å². The van der Waals surface area contributed by atoms with Crippen molar-refractivity contribution >= 4 is 11.6 Å². The first-order chi connectivity index (χ1) is 11.0. The van der Waals surface area contributed by atoms with Gasteiger partial charge in [0.05, 0.1) is 6.61 Å². The van der Waals surface area contributed by atoms with Crippen LogP contribution in [0.1, 0.15) is 33.1 Å². The van der Waals surface area contributed by atoms with E-state index in [1.807, 2.05) is 31.2 Å². The number of aliphatic hydroxyl groups is 1. The Bertz CT molecular complexity index is 503. The highest BCUT2D eigenvalue weighted by Gasteiger charge is 2.30. The van der Waals surface area contributed by atoms with E-state index < -0.39 is 0 Å². The number of hydrogen-bond donors (Lipinski definition) is 2. The smallest absolute Gasteiger partial charge is 0.225 e. The molecule has 23 heavy (non-hydrogen) atoms. The maximum Gasteiger partial charge on any atom is 0.225 e. The average molecular weight is 320 g/mol. The molecule has 0 saturated carbocycles. The number of likely N-dealkylation sites (tertiary alicyclic amines) is 1. The quantitative estimate of drug-likeness (QED) is 0.810. The van der Waals surface area contributed by atoms with Gasteiger partial charge < -0.3 is 20.1 Å². The van der Waals surface area contributed by atoms with Gasteiger partial charge >= 0.3 is 0 Å². The molecule has 2 N–H and O–H groups in total. The van der Waals surface area contributed by atoms with Gasteiger partial charge in [0, 0.05) is 37.2 Å². The van der Waals surface area contributed by atoms with E-state index in [0.717, 1.165) is 43.9 Å². The molecule has 1 saturated heterocycles. The molecule has 2 rings (SSSR count). The van der Waals surface area contributed by atoms with Crippen LogP contribution in [0.4, 0.5) is 5.69 Å². The van der Waals surface area contributed by atoms with Crippen molar-refractivity contribution in [2.45, 2.75) is 33.1 Å². The van der Waals surface area contributed by atoms with Crippen LogP contribution in [0.5, 0.6) is 5.75 Å². The van der Waals surface area contributed by atoms with Crippen LogP contribution in [0.25, 0.3) is 0 Å². The standard InChI is InChI=1S/C18H28N2O3/c1-3-23-16-7-5-15(6-8-16)19-17(22)9-12-20-11-4-10-18(2,13-20)14-21/h5-8,21H,3-4,9-14H2,1-2H3,(H,19,22). The van der Waals surface area contributed by atoms with Gasteiger partial charge in [-0.05, 0) is 50.6 Å². The van der Waals surface area contributed by atoms with Crippen LogP contribution in [-0.2, 0) is 4.79 Å². The van der Waals surface area contributed by atoms with E-state index in [1.54, 1.807) is 0 Å². The Hall–Kier alpha value is -1.59. The molecule has 0 bridgehead atoms. The first-order valence-corrected chi connectivity index (χ1v) is 8.40. The van der Waals surface area contributed by atoms with Crippen LogP contribution >= 0.6 is 0 Å². The molecule has 1 aliphatic rings. The minimum Gasteiger partial charge on any atom is -0.494 e. The van der Waals surface area contributed by atoms with Crippen molar-refractivity contribution in [2.75, 3.05) is 38.2 Å². The van der Waals surface area contributed by atoms with E-state index in [1.165, 1.54) is 0 Å². The fraction of sp³-hybridized carbons (Fsp3) is 0.611. The Balaban J connectivity index is 1.76. The van der Waals surface area contributed by atoms with Crippen LogP contribution in [-0.4, -0.2) is 48.8 Å². The number of carbonyl (C=O) groups excluding carboxylic acids is 1. The highest BCUT2D eigenvalue weighted by atomic mass is 16.5. The highest BCUT2D eigenvalue weighted by molar-refractivity contribution is 5.90. The van der Waals surface area contributed by atoms with Gasteiger partial charge in [-0.25, -0.2) is 0 Å². The zero-order valence-corrected chi connectivity index (χ0v) is 14.2. The van der Waals surface area contributed by atoms with Gasteiger partial charge in [0.1, 0.15) is 5.75 Å². The third-order valence-corrected chi connectivity index (χ3v) is 4.35. The molecule has 1 fully saturated rings. The summed E-state index contributed by atoms with van der Waals surface area (Å²) in [5.41, 5.74) is 0.765. The molecule has 1 amide bonds. The molecule has 1 atom stereocenters. The normalized spacial score (nSPS) is 21.9. The van der Waals surface area contributed by atoms with Gasteiger partial charge in [-0.1, -0.05) is 6.92 Å². The summed E-state index contributed by atoms with van der Waals surface area (Å²) in [5, 5.41) is 12.4. The molecular formula is C18H28N2O3. The number of aliphatic hydroxyl groups excluding tert-OH is 1. The fourth-order valence-electron chi connectivity index (χ4n) is 3.03. The molecule has 0 aliphatic carbocycles. The minimum atomic E-state index is -0.0240. The highest BCUT2D eigenvalue weighted by Crippen LogP contribution is 2.28. The molecule has 128 valence electrons. The molecule has 1 aliphatic heterocycles. The number of hydrogen-bond acceptors (Lipinski definition) is 4. The van der Waals surface area contributed by atoms with Crippen LogP contribution in [0, 0.1) is 5.41 Å². The molecule has 1 heterocycles. The van der Waals surface area contributed by atoms with Crippen molar-refractivity contribution in [3.05, 3.63) is 24.3 Å². The molecular weight excluding hydrogens is 292 g/mol. The Kier molecular flexibility index (Phi) is 6.42. The summed E-state index contributed by atoms with van der Waals surface area (Å²) >= 11 is 0. The topological polar surface area (TPSA) is 61.8 Å². The van der Waals surface area contributed by atoms with Crippen LogP contribution in [0.2, 0.25) is 0 Å². The second kappa shape index (κ2) is 8.31. The maximum absolute atomic E-state index is 12.1. The Morgan fingerprint density at radius 2 is 2.13 bits per heavy atom.